The lowest BCUT2D eigenvalue weighted by Crippen LogP contribution is -2.20. The van der Waals surface area contributed by atoms with E-state index in [0.29, 0.717) is 27.2 Å². The van der Waals surface area contributed by atoms with E-state index >= 15 is 0 Å². The average molecular weight is 394 g/mol. The van der Waals surface area contributed by atoms with E-state index in [-0.39, 0.29) is 6.79 Å². The molecule has 0 saturated heterocycles. The minimum atomic E-state index is -0.651. The third-order valence-corrected chi connectivity index (χ3v) is 3.74. The Morgan fingerprint density at radius 3 is 2.58 bits per heavy atom. The van der Waals surface area contributed by atoms with Crippen LogP contribution < -0.4 is 14.8 Å². The standard InChI is InChI=1S/C18H13Cl2NO5/c19-12-6-13(20)8-14(7-12)21-17(22)9-24-18(23)4-2-11-1-3-15-16(5-11)26-10-25-15/h1-8H,9-10H2,(H,21,22)/b4-2+. The van der Waals surface area contributed by atoms with Crippen LogP contribution in [0.4, 0.5) is 5.69 Å². The van der Waals surface area contributed by atoms with E-state index in [1.54, 1.807) is 30.3 Å². The Hall–Kier alpha value is -2.70. The smallest absolute Gasteiger partial charge is 0.331 e. The van der Waals surface area contributed by atoms with Crippen LogP contribution in [0.15, 0.2) is 42.5 Å². The molecule has 3 rings (SSSR count). The molecule has 134 valence electrons. The van der Waals surface area contributed by atoms with Gasteiger partial charge < -0.3 is 19.5 Å². The molecule has 0 aliphatic carbocycles. The zero-order valence-electron chi connectivity index (χ0n) is 13.3. The Labute approximate surface area is 159 Å². The second kappa shape index (κ2) is 8.12. The Morgan fingerprint density at radius 1 is 1.08 bits per heavy atom. The van der Waals surface area contributed by atoms with Crippen LogP contribution >= 0.6 is 23.2 Å². The molecule has 1 amide bonds. The molecule has 0 aromatic heterocycles. The highest BCUT2D eigenvalue weighted by atomic mass is 35.5. The number of rotatable bonds is 5. The fourth-order valence-corrected chi connectivity index (χ4v) is 2.71. The Kier molecular flexibility index (Phi) is 5.65. The second-order valence-corrected chi connectivity index (χ2v) is 6.13. The van der Waals surface area contributed by atoms with Gasteiger partial charge in [-0.2, -0.15) is 0 Å². The number of hydrogen-bond acceptors (Lipinski definition) is 5. The van der Waals surface area contributed by atoms with Gasteiger partial charge in [0.1, 0.15) is 0 Å². The summed E-state index contributed by atoms with van der Waals surface area (Å²) in [6.45, 7) is -0.258. The third-order valence-electron chi connectivity index (χ3n) is 3.30. The van der Waals surface area contributed by atoms with Gasteiger partial charge in [0.2, 0.25) is 6.79 Å². The molecule has 0 atom stereocenters. The van der Waals surface area contributed by atoms with Gasteiger partial charge in [0.05, 0.1) is 0 Å². The first-order valence-corrected chi connectivity index (χ1v) is 8.25. The highest BCUT2D eigenvalue weighted by Gasteiger charge is 2.12. The van der Waals surface area contributed by atoms with E-state index in [1.165, 1.54) is 18.2 Å². The van der Waals surface area contributed by atoms with Crippen LogP contribution in [0.1, 0.15) is 5.56 Å². The number of nitrogens with one attached hydrogen (secondary N) is 1. The van der Waals surface area contributed by atoms with E-state index in [0.717, 1.165) is 5.56 Å². The largest absolute Gasteiger partial charge is 0.454 e. The van der Waals surface area contributed by atoms with E-state index in [2.05, 4.69) is 5.32 Å². The van der Waals surface area contributed by atoms with Crippen LogP contribution in [0.25, 0.3) is 6.08 Å². The molecule has 0 bridgehead atoms. The summed E-state index contributed by atoms with van der Waals surface area (Å²) >= 11 is 11.7. The molecular weight excluding hydrogens is 381 g/mol. The number of anilines is 1. The van der Waals surface area contributed by atoms with Crippen LogP contribution in [0, 0.1) is 0 Å². The lowest BCUT2D eigenvalue weighted by molar-refractivity contribution is -0.142. The van der Waals surface area contributed by atoms with Crippen LogP contribution in [0.2, 0.25) is 10.0 Å². The number of ether oxygens (including phenoxy) is 3. The first-order chi connectivity index (χ1) is 12.5. The van der Waals surface area contributed by atoms with Gasteiger partial charge in [0.25, 0.3) is 5.91 Å². The molecule has 8 heteroatoms. The fraction of sp³-hybridized carbons (Fsp3) is 0.111. The highest BCUT2D eigenvalue weighted by molar-refractivity contribution is 6.35. The van der Waals surface area contributed by atoms with Gasteiger partial charge in [-0.25, -0.2) is 4.79 Å². The molecular formula is C18H13Cl2NO5. The van der Waals surface area contributed by atoms with Crippen molar-refractivity contribution in [3.8, 4) is 11.5 Å². The molecule has 0 radical (unpaired) electrons. The number of amides is 1. The molecule has 1 aliphatic rings. The summed E-state index contributed by atoms with van der Waals surface area (Å²) in [6.07, 6.45) is 2.78. The molecule has 0 fully saturated rings. The van der Waals surface area contributed by atoms with Gasteiger partial charge in [-0.3, -0.25) is 4.79 Å². The molecule has 1 heterocycles. The maximum absolute atomic E-state index is 11.8. The van der Waals surface area contributed by atoms with Crippen molar-refractivity contribution in [2.24, 2.45) is 0 Å². The topological polar surface area (TPSA) is 73.9 Å². The van der Waals surface area contributed by atoms with Gasteiger partial charge in [0, 0.05) is 21.8 Å². The summed E-state index contributed by atoms with van der Waals surface area (Å²) in [7, 11) is 0. The van der Waals surface area contributed by atoms with Crippen LogP contribution in [-0.4, -0.2) is 25.3 Å². The van der Waals surface area contributed by atoms with Gasteiger partial charge in [-0.1, -0.05) is 29.3 Å². The zero-order valence-corrected chi connectivity index (χ0v) is 14.8. The minimum Gasteiger partial charge on any atom is -0.454 e. The van der Waals surface area contributed by atoms with E-state index in [4.69, 9.17) is 37.4 Å². The first-order valence-electron chi connectivity index (χ1n) is 7.50. The Bertz CT molecular complexity index is 862. The lowest BCUT2D eigenvalue weighted by Gasteiger charge is -2.06. The van der Waals surface area contributed by atoms with Crippen molar-refractivity contribution < 1.29 is 23.8 Å². The summed E-state index contributed by atoms with van der Waals surface area (Å²) in [5.41, 5.74) is 1.16. The molecule has 2 aromatic rings. The summed E-state index contributed by atoms with van der Waals surface area (Å²) in [5, 5.41) is 3.31. The molecule has 6 nitrogen and oxygen atoms in total. The number of benzene rings is 2. The fourth-order valence-electron chi connectivity index (χ4n) is 2.19. The average Bonchev–Trinajstić information content (AvgIpc) is 3.05. The van der Waals surface area contributed by atoms with Crippen LogP contribution in [0.3, 0.4) is 0 Å². The first kappa shape index (κ1) is 18.1. The number of fused-ring (bicyclic) bond motifs is 1. The van der Waals surface area contributed by atoms with Gasteiger partial charge in [0.15, 0.2) is 18.1 Å². The van der Waals surface area contributed by atoms with Crippen LogP contribution in [-0.2, 0) is 14.3 Å². The van der Waals surface area contributed by atoms with Crippen molar-refractivity contribution in [1.82, 2.24) is 0 Å². The predicted molar refractivity (Wildman–Crippen MR) is 97.6 cm³/mol. The predicted octanol–water partition coefficient (Wildman–Crippen LogP) is 3.92. The molecule has 0 saturated carbocycles. The number of esters is 1. The molecule has 0 unspecified atom stereocenters. The SMILES string of the molecule is O=C(COC(=O)/C=C/c1ccc2c(c1)OCO2)Nc1cc(Cl)cc(Cl)c1. The molecule has 2 aromatic carbocycles. The summed E-state index contributed by atoms with van der Waals surface area (Å²) in [5.74, 6) is 0.109. The quantitative estimate of drug-likeness (QED) is 0.615. The minimum absolute atomic E-state index is 0.178. The molecule has 0 spiro atoms. The van der Waals surface area contributed by atoms with E-state index in [1.807, 2.05) is 0 Å². The van der Waals surface area contributed by atoms with Crippen LogP contribution in [0.5, 0.6) is 11.5 Å². The maximum atomic E-state index is 11.8. The number of hydrogen-bond donors (Lipinski definition) is 1. The monoisotopic (exact) mass is 393 g/mol. The second-order valence-electron chi connectivity index (χ2n) is 5.26. The number of carbonyl (C=O) groups is 2. The van der Waals surface area contributed by atoms with Gasteiger partial charge in [-0.15, -0.1) is 0 Å². The molecule has 1 N–H and O–H groups in total. The van der Waals surface area contributed by atoms with Gasteiger partial charge >= 0.3 is 5.97 Å². The lowest BCUT2D eigenvalue weighted by atomic mass is 10.2. The zero-order chi connectivity index (χ0) is 18.5. The number of carbonyl (C=O) groups excluding carboxylic acids is 2. The Balaban J connectivity index is 1.49. The van der Waals surface area contributed by atoms with Crippen molar-refractivity contribution in [3.63, 3.8) is 0 Å². The van der Waals surface area contributed by atoms with Crippen molar-refractivity contribution >= 4 is 46.8 Å². The molecule has 26 heavy (non-hydrogen) atoms. The summed E-state index contributed by atoms with van der Waals surface area (Å²) < 4.78 is 15.4. The van der Waals surface area contributed by atoms with Crippen molar-refractivity contribution in [2.75, 3.05) is 18.7 Å². The van der Waals surface area contributed by atoms with Gasteiger partial charge in [-0.05, 0) is 42.0 Å². The number of halogens is 2. The summed E-state index contributed by atoms with van der Waals surface area (Å²) in [4.78, 5) is 23.5. The van der Waals surface area contributed by atoms with E-state index < -0.39 is 18.5 Å². The van der Waals surface area contributed by atoms with Crippen molar-refractivity contribution in [2.45, 2.75) is 0 Å². The normalized spacial score (nSPS) is 12.2. The summed E-state index contributed by atoms with van der Waals surface area (Å²) in [6, 6.07) is 9.87. The highest BCUT2D eigenvalue weighted by Crippen LogP contribution is 2.32. The van der Waals surface area contributed by atoms with Crippen molar-refractivity contribution in [1.29, 1.82) is 0 Å². The van der Waals surface area contributed by atoms with Crippen molar-refractivity contribution in [3.05, 3.63) is 58.1 Å². The molecule has 1 aliphatic heterocycles. The van der Waals surface area contributed by atoms with E-state index in [9.17, 15) is 9.59 Å². The maximum Gasteiger partial charge on any atom is 0.331 e. The Morgan fingerprint density at radius 2 is 1.81 bits per heavy atom. The third kappa shape index (κ3) is 4.91.